The van der Waals surface area contributed by atoms with Gasteiger partial charge in [-0.1, -0.05) is 36.3 Å². The summed E-state index contributed by atoms with van der Waals surface area (Å²) in [5, 5.41) is 2.58. The molecule has 2 amide bonds. The summed E-state index contributed by atoms with van der Waals surface area (Å²) in [5.41, 5.74) is 1.12. The number of nitrogens with zero attached hydrogens (tertiary/aromatic N) is 1. The Labute approximate surface area is 187 Å². The molecular formula is C25H27FN2O4. The molecule has 0 unspecified atom stereocenters. The van der Waals surface area contributed by atoms with E-state index in [4.69, 9.17) is 15.9 Å². The van der Waals surface area contributed by atoms with Gasteiger partial charge in [-0.3, -0.25) is 9.69 Å². The topological polar surface area (TPSA) is 67.9 Å². The Kier molecular flexibility index (Phi) is 7.16. The van der Waals surface area contributed by atoms with Gasteiger partial charge in [-0.15, -0.1) is 6.42 Å². The second-order valence-electron chi connectivity index (χ2n) is 8.18. The molecule has 1 aliphatic heterocycles. The summed E-state index contributed by atoms with van der Waals surface area (Å²) in [4.78, 5) is 25.8. The molecule has 0 aromatic heterocycles. The summed E-state index contributed by atoms with van der Waals surface area (Å²) in [5.74, 6) is 1.51. The zero-order chi connectivity index (χ0) is 23.3. The Hall–Kier alpha value is -3.37. The SMILES string of the molecule is C#Cc1c(F)cc(NC(C)=O)cc1CC[C@H]1COC(C)(C)N1C(=O)OCc1ccccc1. The molecule has 2 aromatic rings. The second-order valence-corrected chi connectivity index (χ2v) is 8.18. The van der Waals surface area contributed by atoms with Crippen molar-refractivity contribution >= 4 is 17.7 Å². The van der Waals surface area contributed by atoms with E-state index < -0.39 is 17.6 Å². The number of aryl methyl sites for hydroxylation is 1. The van der Waals surface area contributed by atoms with Crippen molar-refractivity contribution in [3.63, 3.8) is 0 Å². The van der Waals surface area contributed by atoms with E-state index in [0.717, 1.165) is 5.56 Å². The number of ether oxygens (including phenoxy) is 2. The molecule has 0 spiro atoms. The van der Waals surface area contributed by atoms with E-state index in [2.05, 4.69) is 11.2 Å². The van der Waals surface area contributed by atoms with Crippen molar-refractivity contribution in [1.29, 1.82) is 0 Å². The average Bonchev–Trinajstić information content (AvgIpc) is 3.04. The van der Waals surface area contributed by atoms with Gasteiger partial charge in [0.1, 0.15) is 18.1 Å². The fraction of sp³-hybridized carbons (Fsp3) is 0.360. The number of carbonyl (C=O) groups is 2. The van der Waals surface area contributed by atoms with E-state index in [1.807, 2.05) is 30.3 Å². The molecule has 1 atom stereocenters. The summed E-state index contributed by atoms with van der Waals surface area (Å²) in [6, 6.07) is 12.0. The molecule has 1 heterocycles. The minimum atomic E-state index is -0.837. The molecule has 3 rings (SSSR count). The molecule has 6 nitrogen and oxygen atoms in total. The van der Waals surface area contributed by atoms with Crippen molar-refractivity contribution < 1.29 is 23.5 Å². The molecule has 0 bridgehead atoms. The van der Waals surface area contributed by atoms with Crippen molar-refractivity contribution in [1.82, 2.24) is 4.90 Å². The Bertz CT molecular complexity index is 1030. The summed E-state index contributed by atoms with van der Waals surface area (Å²) in [6.45, 7) is 5.45. The molecule has 1 N–H and O–H groups in total. The summed E-state index contributed by atoms with van der Waals surface area (Å²) in [7, 11) is 0. The van der Waals surface area contributed by atoms with Crippen molar-refractivity contribution in [2.24, 2.45) is 0 Å². The maximum Gasteiger partial charge on any atom is 0.412 e. The first kappa shape index (κ1) is 23.3. The van der Waals surface area contributed by atoms with E-state index in [0.29, 0.717) is 30.7 Å². The van der Waals surface area contributed by atoms with Gasteiger partial charge in [0.25, 0.3) is 0 Å². The van der Waals surface area contributed by atoms with E-state index in [9.17, 15) is 14.0 Å². The van der Waals surface area contributed by atoms with Crippen LogP contribution in [-0.2, 0) is 27.3 Å². The standard InChI is InChI=1S/C25H27FN2O4/c1-5-22-19(13-20(14-23(22)26)27-17(2)29)11-12-21-16-32-25(3,4)28(21)24(30)31-15-18-9-7-6-8-10-18/h1,6-10,13-14,21H,11-12,15-16H2,2-4H3,(H,27,29)/t21-/m0/s1. The van der Waals surface area contributed by atoms with Crippen molar-refractivity contribution in [2.45, 2.75) is 52.0 Å². The minimum Gasteiger partial charge on any atom is -0.444 e. The number of halogens is 1. The van der Waals surface area contributed by atoms with Crippen LogP contribution in [0.25, 0.3) is 0 Å². The zero-order valence-corrected chi connectivity index (χ0v) is 18.5. The van der Waals surface area contributed by atoms with Gasteiger partial charge in [-0.05, 0) is 49.9 Å². The van der Waals surface area contributed by atoms with Gasteiger partial charge in [0, 0.05) is 12.6 Å². The third-order valence-corrected chi connectivity index (χ3v) is 5.36. The molecule has 0 aliphatic carbocycles. The maximum atomic E-state index is 14.4. The second kappa shape index (κ2) is 9.84. The third-order valence-electron chi connectivity index (χ3n) is 5.36. The molecule has 0 saturated carbocycles. The first-order valence-electron chi connectivity index (χ1n) is 10.4. The van der Waals surface area contributed by atoms with Gasteiger partial charge >= 0.3 is 6.09 Å². The molecule has 1 aliphatic rings. The quantitative estimate of drug-likeness (QED) is 0.676. The third kappa shape index (κ3) is 5.45. The number of carbonyl (C=O) groups excluding carboxylic acids is 2. The average molecular weight is 438 g/mol. The number of hydrogen-bond acceptors (Lipinski definition) is 4. The highest BCUT2D eigenvalue weighted by Gasteiger charge is 2.44. The predicted octanol–water partition coefficient (Wildman–Crippen LogP) is 4.47. The van der Waals surface area contributed by atoms with Gasteiger partial charge < -0.3 is 14.8 Å². The van der Waals surface area contributed by atoms with E-state index >= 15 is 0 Å². The lowest BCUT2D eigenvalue weighted by molar-refractivity contribution is -0.114. The van der Waals surface area contributed by atoms with Gasteiger partial charge in [-0.2, -0.15) is 0 Å². The molecule has 1 fully saturated rings. The Morgan fingerprint density at radius 2 is 2.03 bits per heavy atom. The zero-order valence-electron chi connectivity index (χ0n) is 18.5. The summed E-state index contributed by atoms with van der Waals surface area (Å²) < 4.78 is 25.8. The smallest absolute Gasteiger partial charge is 0.412 e. The molecule has 168 valence electrons. The number of anilines is 1. The van der Waals surface area contributed by atoms with E-state index in [1.165, 1.54) is 13.0 Å². The summed E-state index contributed by atoms with van der Waals surface area (Å²) >= 11 is 0. The number of hydrogen-bond donors (Lipinski definition) is 1. The lowest BCUT2D eigenvalue weighted by atomic mass is 9.98. The fourth-order valence-corrected chi connectivity index (χ4v) is 3.87. The van der Waals surface area contributed by atoms with Gasteiger partial charge in [-0.25, -0.2) is 9.18 Å². The number of terminal acetylenes is 1. The van der Waals surface area contributed by atoms with Crippen molar-refractivity contribution in [3.05, 3.63) is 65.0 Å². The Morgan fingerprint density at radius 1 is 1.31 bits per heavy atom. The van der Waals surface area contributed by atoms with Crippen LogP contribution in [0, 0.1) is 18.2 Å². The number of nitrogens with one attached hydrogen (secondary N) is 1. The number of benzene rings is 2. The molecule has 2 aromatic carbocycles. The number of rotatable bonds is 6. The largest absolute Gasteiger partial charge is 0.444 e. The lowest BCUT2D eigenvalue weighted by Gasteiger charge is -2.32. The van der Waals surface area contributed by atoms with Crippen LogP contribution in [0.15, 0.2) is 42.5 Å². The monoisotopic (exact) mass is 438 g/mol. The van der Waals surface area contributed by atoms with Gasteiger partial charge in [0.15, 0.2) is 0 Å². The van der Waals surface area contributed by atoms with Crippen LogP contribution < -0.4 is 5.32 Å². The van der Waals surface area contributed by atoms with Crippen LogP contribution in [0.1, 0.15) is 43.9 Å². The first-order chi connectivity index (χ1) is 15.2. The van der Waals surface area contributed by atoms with E-state index in [1.54, 1.807) is 24.8 Å². The van der Waals surface area contributed by atoms with Gasteiger partial charge in [0.2, 0.25) is 5.91 Å². The summed E-state index contributed by atoms with van der Waals surface area (Å²) in [6.07, 6.45) is 5.92. The Morgan fingerprint density at radius 3 is 2.69 bits per heavy atom. The van der Waals surface area contributed by atoms with Crippen LogP contribution in [0.4, 0.5) is 14.9 Å². The van der Waals surface area contributed by atoms with E-state index in [-0.39, 0.29) is 24.1 Å². The lowest BCUT2D eigenvalue weighted by Crippen LogP contribution is -2.48. The van der Waals surface area contributed by atoms with Crippen LogP contribution in [0.2, 0.25) is 0 Å². The fourth-order valence-electron chi connectivity index (χ4n) is 3.87. The van der Waals surface area contributed by atoms with Crippen LogP contribution in [-0.4, -0.2) is 35.3 Å². The maximum absolute atomic E-state index is 14.4. The molecule has 1 saturated heterocycles. The predicted molar refractivity (Wildman–Crippen MR) is 119 cm³/mol. The van der Waals surface area contributed by atoms with Gasteiger partial charge in [0.05, 0.1) is 18.2 Å². The first-order valence-corrected chi connectivity index (χ1v) is 10.4. The highest BCUT2D eigenvalue weighted by molar-refractivity contribution is 5.88. The molecule has 7 heteroatoms. The highest BCUT2D eigenvalue weighted by Crippen LogP contribution is 2.31. The minimum absolute atomic E-state index is 0.149. The highest BCUT2D eigenvalue weighted by atomic mass is 19.1. The van der Waals surface area contributed by atoms with Crippen LogP contribution in [0.5, 0.6) is 0 Å². The van der Waals surface area contributed by atoms with Crippen LogP contribution >= 0.6 is 0 Å². The van der Waals surface area contributed by atoms with Crippen molar-refractivity contribution in [2.75, 3.05) is 11.9 Å². The molecular weight excluding hydrogens is 411 g/mol. The number of amides is 2. The molecule has 0 radical (unpaired) electrons. The molecule has 32 heavy (non-hydrogen) atoms. The Balaban J connectivity index is 1.73. The van der Waals surface area contributed by atoms with Crippen LogP contribution in [0.3, 0.4) is 0 Å². The van der Waals surface area contributed by atoms with Crippen molar-refractivity contribution in [3.8, 4) is 12.3 Å². The normalized spacial score (nSPS) is 17.0.